The number of pyridine rings is 1. The van der Waals surface area contributed by atoms with Crippen molar-refractivity contribution in [1.82, 2.24) is 24.7 Å². The molecular formula is C26H39N7O4S2. The molecule has 3 heterocycles. The third-order valence-corrected chi connectivity index (χ3v) is 8.89. The second-order valence-electron chi connectivity index (χ2n) is 12.2. The van der Waals surface area contributed by atoms with Crippen molar-refractivity contribution in [2.75, 3.05) is 23.4 Å². The average molecular weight is 578 g/mol. The number of aromatic nitrogens is 4. The Morgan fingerprint density at radius 3 is 2.36 bits per heavy atom. The van der Waals surface area contributed by atoms with E-state index < -0.39 is 39.7 Å². The summed E-state index contributed by atoms with van der Waals surface area (Å²) in [6, 6.07) is 1.33. The van der Waals surface area contributed by atoms with Crippen LogP contribution in [0.5, 0.6) is 0 Å². The molecular weight excluding hydrogens is 538 g/mol. The fourth-order valence-corrected chi connectivity index (χ4v) is 7.29. The summed E-state index contributed by atoms with van der Waals surface area (Å²) in [4.78, 5) is 18.7. The van der Waals surface area contributed by atoms with Crippen LogP contribution in [0.2, 0.25) is 0 Å². The maximum atomic E-state index is 12.0. The lowest BCUT2D eigenvalue weighted by molar-refractivity contribution is 0.000720. The Labute approximate surface area is 234 Å². The summed E-state index contributed by atoms with van der Waals surface area (Å²) in [5.74, 6) is 0.381. The molecule has 13 heteroatoms. The first-order valence-corrected chi connectivity index (χ1v) is 15.6. The van der Waals surface area contributed by atoms with Crippen LogP contribution in [-0.2, 0) is 10.0 Å². The molecule has 0 amide bonds. The molecule has 0 bridgehead atoms. The molecule has 214 valence electrons. The molecule has 1 aliphatic carbocycles. The van der Waals surface area contributed by atoms with Gasteiger partial charge in [-0.05, 0) is 45.6 Å². The van der Waals surface area contributed by atoms with E-state index >= 15 is 0 Å². The molecule has 1 aliphatic rings. The van der Waals surface area contributed by atoms with Crippen molar-refractivity contribution in [2.45, 2.75) is 78.7 Å². The largest absolute Gasteiger partial charge is 0.390 e. The smallest absolute Gasteiger partial charge is 0.224 e. The number of thiazole rings is 1. The highest BCUT2D eigenvalue weighted by molar-refractivity contribution is 7.88. The van der Waals surface area contributed by atoms with E-state index in [0.29, 0.717) is 41.0 Å². The number of rotatable bonds is 8. The normalized spacial score (nSPS) is 22.4. The van der Waals surface area contributed by atoms with Gasteiger partial charge in [0.2, 0.25) is 16.0 Å². The molecule has 1 saturated carbocycles. The molecule has 0 radical (unpaired) electrons. The van der Waals surface area contributed by atoms with Gasteiger partial charge in [0, 0.05) is 24.2 Å². The third-order valence-electron chi connectivity index (χ3n) is 6.95. The van der Waals surface area contributed by atoms with Gasteiger partial charge in [0.15, 0.2) is 0 Å². The third kappa shape index (κ3) is 6.65. The quantitative estimate of drug-likeness (QED) is 0.269. The van der Waals surface area contributed by atoms with Crippen molar-refractivity contribution in [3.63, 3.8) is 0 Å². The van der Waals surface area contributed by atoms with Gasteiger partial charge >= 0.3 is 0 Å². The van der Waals surface area contributed by atoms with E-state index in [0.717, 1.165) is 22.2 Å². The Morgan fingerprint density at radius 1 is 1.05 bits per heavy atom. The van der Waals surface area contributed by atoms with Gasteiger partial charge < -0.3 is 20.8 Å². The van der Waals surface area contributed by atoms with Crippen molar-refractivity contribution in [2.24, 2.45) is 11.3 Å². The first-order chi connectivity index (χ1) is 17.9. The van der Waals surface area contributed by atoms with Gasteiger partial charge in [0.05, 0.1) is 40.1 Å². The van der Waals surface area contributed by atoms with Crippen LogP contribution in [0.3, 0.4) is 0 Å². The fourth-order valence-electron chi connectivity index (χ4n) is 5.07. The number of nitrogens with one attached hydrogen (secondary N) is 3. The van der Waals surface area contributed by atoms with Gasteiger partial charge in [-0.1, -0.05) is 20.8 Å². The monoisotopic (exact) mass is 577 g/mol. The Hall–Kier alpha value is -2.45. The Kier molecular flexibility index (Phi) is 7.96. The van der Waals surface area contributed by atoms with Gasteiger partial charge in [0.1, 0.15) is 22.4 Å². The number of aliphatic hydroxyl groups excluding tert-OH is 2. The van der Waals surface area contributed by atoms with E-state index in [1.807, 2.05) is 19.9 Å². The van der Waals surface area contributed by atoms with Crippen molar-refractivity contribution in [3.8, 4) is 10.6 Å². The van der Waals surface area contributed by atoms with Crippen LogP contribution >= 0.6 is 11.3 Å². The highest BCUT2D eigenvalue weighted by atomic mass is 32.2. The minimum atomic E-state index is -3.53. The van der Waals surface area contributed by atoms with Gasteiger partial charge in [-0.25, -0.2) is 23.1 Å². The zero-order valence-corrected chi connectivity index (χ0v) is 25.3. The number of nitrogens with zero attached hydrogens (tertiary/aromatic N) is 4. The molecule has 4 atom stereocenters. The first-order valence-electron chi connectivity index (χ1n) is 12.9. The highest BCUT2D eigenvalue weighted by Gasteiger charge is 2.49. The van der Waals surface area contributed by atoms with Crippen LogP contribution < -0.4 is 15.4 Å². The molecule has 0 spiro atoms. The van der Waals surface area contributed by atoms with Crippen LogP contribution in [0.15, 0.2) is 12.3 Å². The maximum Gasteiger partial charge on any atom is 0.224 e. The lowest BCUT2D eigenvalue weighted by Gasteiger charge is -2.34. The topological polar surface area (TPSA) is 162 Å². The lowest BCUT2D eigenvalue weighted by atomic mass is 9.85. The van der Waals surface area contributed by atoms with Crippen LogP contribution in [0.1, 0.15) is 52.4 Å². The molecule has 0 aromatic carbocycles. The Balaban J connectivity index is 1.74. The predicted octanol–water partition coefficient (Wildman–Crippen LogP) is 3.07. The van der Waals surface area contributed by atoms with Gasteiger partial charge in [-0.15, -0.1) is 11.3 Å². The van der Waals surface area contributed by atoms with Gasteiger partial charge in [-0.3, -0.25) is 4.98 Å². The number of anilines is 2. The van der Waals surface area contributed by atoms with Crippen LogP contribution in [0.25, 0.3) is 20.8 Å². The molecule has 3 aromatic heterocycles. The molecule has 3 aromatic rings. The summed E-state index contributed by atoms with van der Waals surface area (Å²) in [6.07, 6.45) is 0.858. The predicted molar refractivity (Wildman–Crippen MR) is 155 cm³/mol. The van der Waals surface area contributed by atoms with E-state index in [1.165, 1.54) is 11.3 Å². The molecule has 0 saturated heterocycles. The molecule has 39 heavy (non-hydrogen) atoms. The number of fused-ring (bicyclic) bond motifs is 1. The zero-order valence-electron chi connectivity index (χ0n) is 23.7. The minimum Gasteiger partial charge on any atom is -0.390 e. The van der Waals surface area contributed by atoms with Gasteiger partial charge in [-0.2, -0.15) is 4.98 Å². The number of hydrogen-bond acceptors (Lipinski definition) is 11. The Bertz CT molecular complexity index is 1470. The summed E-state index contributed by atoms with van der Waals surface area (Å²) in [6.45, 7) is 14.2. The van der Waals surface area contributed by atoms with Crippen LogP contribution in [-0.4, -0.2) is 75.2 Å². The van der Waals surface area contributed by atoms with Crippen LogP contribution in [0.4, 0.5) is 11.8 Å². The summed E-state index contributed by atoms with van der Waals surface area (Å²) < 4.78 is 27.5. The van der Waals surface area contributed by atoms with Crippen molar-refractivity contribution in [3.05, 3.63) is 23.7 Å². The van der Waals surface area contributed by atoms with E-state index in [2.05, 4.69) is 41.1 Å². The second-order valence-corrected chi connectivity index (χ2v) is 15.0. The average Bonchev–Trinajstić information content (AvgIpc) is 3.33. The molecule has 4 rings (SSSR count). The van der Waals surface area contributed by atoms with E-state index in [4.69, 9.17) is 15.0 Å². The summed E-state index contributed by atoms with van der Waals surface area (Å²) in [5, 5.41) is 29.4. The molecule has 1 fully saturated rings. The summed E-state index contributed by atoms with van der Waals surface area (Å²) >= 11 is 1.51. The number of aryl methyl sites for hydroxylation is 2. The lowest BCUT2D eigenvalue weighted by Crippen LogP contribution is -2.52. The SMILES string of the molecule is Cc1nc(NCC(C)(C)C)nc(N[C@@H]2C[C@H](C(C)(C)NS(C)(=O)=O)[C@@H](O)[C@H]2O)c1-c1nc2c(C)nccc2s1. The van der Waals surface area contributed by atoms with Crippen LogP contribution in [0, 0.1) is 25.2 Å². The molecule has 0 aliphatic heterocycles. The fraction of sp³-hybridized carbons (Fsp3) is 0.615. The first kappa shape index (κ1) is 29.5. The van der Waals surface area contributed by atoms with Gasteiger partial charge in [0.25, 0.3) is 0 Å². The summed E-state index contributed by atoms with van der Waals surface area (Å²) in [7, 11) is -3.53. The van der Waals surface area contributed by atoms with E-state index in [1.54, 1.807) is 20.0 Å². The summed E-state index contributed by atoms with van der Waals surface area (Å²) in [5.41, 5.74) is 2.06. The van der Waals surface area contributed by atoms with Crippen molar-refractivity contribution >= 4 is 43.3 Å². The molecule has 0 unspecified atom stereocenters. The zero-order chi connectivity index (χ0) is 28.9. The van der Waals surface area contributed by atoms with Crippen molar-refractivity contribution in [1.29, 1.82) is 0 Å². The van der Waals surface area contributed by atoms with Crippen molar-refractivity contribution < 1.29 is 18.6 Å². The highest BCUT2D eigenvalue weighted by Crippen LogP contribution is 2.40. The number of aliphatic hydroxyl groups is 2. The maximum absolute atomic E-state index is 12.0. The second kappa shape index (κ2) is 10.5. The molecule has 11 nitrogen and oxygen atoms in total. The standard InChI is InChI=1S/C26H39N7O4S2/c1-13-18(23-31-19-14(2)27-10-9-17(19)38-23)22(32-24(29-13)28-12-25(3,4)5)30-16-11-15(20(34)21(16)35)26(6,7)33-39(8,36)37/h9-10,15-16,20-21,33-35H,11-12H2,1-8H3,(H2,28,29,30,32)/t15-,16+,20+,21-/m0/s1. The number of sulfonamides is 1. The van der Waals surface area contributed by atoms with E-state index in [9.17, 15) is 18.6 Å². The number of hydrogen-bond donors (Lipinski definition) is 5. The Morgan fingerprint density at radius 2 is 1.74 bits per heavy atom. The minimum absolute atomic E-state index is 0.00173. The molecule has 5 N–H and O–H groups in total. The van der Waals surface area contributed by atoms with E-state index in [-0.39, 0.29) is 5.41 Å².